The maximum Gasteiger partial charge on any atom is 0.220 e. The van der Waals surface area contributed by atoms with Crippen molar-refractivity contribution in [3.05, 3.63) is 0 Å². The fourth-order valence-electron chi connectivity index (χ4n) is 2.04. The van der Waals surface area contributed by atoms with Gasteiger partial charge in [-0.3, -0.25) is 4.79 Å². The molecule has 0 radical (unpaired) electrons. The first-order valence-electron chi connectivity index (χ1n) is 5.71. The average Bonchev–Trinajstić information content (AvgIpc) is 2.67. The van der Waals surface area contributed by atoms with E-state index in [4.69, 9.17) is 5.73 Å². The van der Waals surface area contributed by atoms with Crippen molar-refractivity contribution in [2.24, 2.45) is 11.7 Å². The van der Waals surface area contributed by atoms with Crippen molar-refractivity contribution in [2.45, 2.75) is 51.5 Å². The van der Waals surface area contributed by atoms with Gasteiger partial charge in [-0.05, 0) is 19.3 Å². The molecule has 1 rings (SSSR count). The lowest BCUT2D eigenvalue weighted by atomic mass is 10.0. The van der Waals surface area contributed by atoms with Gasteiger partial charge in [0.2, 0.25) is 5.91 Å². The fraction of sp³-hybridized carbons (Fsp3) is 0.909. The van der Waals surface area contributed by atoms with Crippen LogP contribution in [0, 0.1) is 5.92 Å². The molecule has 0 aromatic rings. The second-order valence-electron chi connectivity index (χ2n) is 4.39. The van der Waals surface area contributed by atoms with Crippen LogP contribution in [0.2, 0.25) is 0 Å². The lowest BCUT2D eigenvalue weighted by Crippen LogP contribution is -2.37. The number of carbonyl (C=O) groups is 1. The molecule has 1 saturated carbocycles. The van der Waals surface area contributed by atoms with Crippen LogP contribution < -0.4 is 11.1 Å². The quantitative estimate of drug-likeness (QED) is 0.702. The van der Waals surface area contributed by atoms with E-state index in [9.17, 15) is 4.79 Å². The number of rotatable bonds is 5. The van der Waals surface area contributed by atoms with Crippen molar-refractivity contribution in [3.8, 4) is 0 Å². The standard InChI is InChI=1S/C11H22N2O/c1-9(8-12)13-11(14)7-6-10-4-2-3-5-10/h9-10H,2-8,12H2,1H3,(H,13,14)/t9-/m1/s1. The van der Waals surface area contributed by atoms with Gasteiger partial charge in [0, 0.05) is 19.0 Å². The van der Waals surface area contributed by atoms with Gasteiger partial charge in [0.1, 0.15) is 0 Å². The Kier molecular flexibility index (Phi) is 4.94. The number of hydrogen-bond donors (Lipinski definition) is 2. The Morgan fingerprint density at radius 2 is 2.14 bits per heavy atom. The molecule has 0 saturated heterocycles. The molecule has 3 nitrogen and oxygen atoms in total. The van der Waals surface area contributed by atoms with Crippen molar-refractivity contribution in [2.75, 3.05) is 6.54 Å². The van der Waals surface area contributed by atoms with E-state index < -0.39 is 0 Å². The van der Waals surface area contributed by atoms with E-state index in [0.29, 0.717) is 13.0 Å². The number of amides is 1. The third-order valence-electron chi connectivity index (χ3n) is 3.02. The van der Waals surface area contributed by atoms with Gasteiger partial charge in [-0.2, -0.15) is 0 Å². The molecule has 0 unspecified atom stereocenters. The molecule has 82 valence electrons. The van der Waals surface area contributed by atoms with Crippen LogP contribution in [0.4, 0.5) is 0 Å². The first-order valence-corrected chi connectivity index (χ1v) is 5.71. The van der Waals surface area contributed by atoms with Crippen molar-refractivity contribution in [1.82, 2.24) is 5.32 Å². The van der Waals surface area contributed by atoms with Gasteiger partial charge in [-0.25, -0.2) is 0 Å². The largest absolute Gasteiger partial charge is 0.352 e. The normalized spacial score (nSPS) is 19.6. The van der Waals surface area contributed by atoms with Crippen LogP contribution in [-0.2, 0) is 4.79 Å². The lowest BCUT2D eigenvalue weighted by Gasteiger charge is -2.12. The molecule has 0 bridgehead atoms. The highest BCUT2D eigenvalue weighted by Crippen LogP contribution is 2.28. The molecule has 1 aliphatic carbocycles. The monoisotopic (exact) mass is 198 g/mol. The predicted octanol–water partition coefficient (Wildman–Crippen LogP) is 1.42. The molecule has 3 N–H and O–H groups in total. The molecule has 1 fully saturated rings. The molecule has 14 heavy (non-hydrogen) atoms. The highest BCUT2D eigenvalue weighted by molar-refractivity contribution is 5.76. The van der Waals surface area contributed by atoms with Gasteiger partial charge in [-0.15, -0.1) is 0 Å². The van der Waals surface area contributed by atoms with Gasteiger partial charge in [0.15, 0.2) is 0 Å². The average molecular weight is 198 g/mol. The Bertz CT molecular complexity index is 176. The zero-order valence-corrected chi connectivity index (χ0v) is 9.09. The Morgan fingerprint density at radius 1 is 1.50 bits per heavy atom. The lowest BCUT2D eigenvalue weighted by molar-refractivity contribution is -0.121. The van der Waals surface area contributed by atoms with E-state index in [1.165, 1.54) is 25.7 Å². The van der Waals surface area contributed by atoms with Crippen molar-refractivity contribution >= 4 is 5.91 Å². The van der Waals surface area contributed by atoms with Crippen molar-refractivity contribution in [1.29, 1.82) is 0 Å². The number of nitrogens with two attached hydrogens (primary N) is 1. The summed E-state index contributed by atoms with van der Waals surface area (Å²) in [6, 6.07) is 0.117. The maximum atomic E-state index is 11.4. The van der Waals surface area contributed by atoms with Crippen LogP contribution in [0.25, 0.3) is 0 Å². The van der Waals surface area contributed by atoms with E-state index in [2.05, 4.69) is 5.32 Å². The van der Waals surface area contributed by atoms with Crippen LogP contribution in [-0.4, -0.2) is 18.5 Å². The number of hydrogen-bond acceptors (Lipinski definition) is 2. The summed E-state index contributed by atoms with van der Waals surface area (Å²) in [6.07, 6.45) is 7.08. The summed E-state index contributed by atoms with van der Waals surface area (Å²) in [5.41, 5.74) is 5.42. The molecule has 1 amide bonds. The van der Waals surface area contributed by atoms with Crippen molar-refractivity contribution in [3.63, 3.8) is 0 Å². The molecule has 0 aromatic carbocycles. The third-order valence-corrected chi connectivity index (χ3v) is 3.02. The predicted molar refractivity (Wildman–Crippen MR) is 57.9 cm³/mol. The summed E-state index contributed by atoms with van der Waals surface area (Å²) < 4.78 is 0. The second-order valence-corrected chi connectivity index (χ2v) is 4.39. The van der Waals surface area contributed by atoms with Crippen LogP contribution >= 0.6 is 0 Å². The Labute approximate surface area is 86.4 Å². The number of nitrogens with one attached hydrogen (secondary N) is 1. The Hall–Kier alpha value is -0.570. The third kappa shape index (κ3) is 4.09. The van der Waals surface area contributed by atoms with E-state index in [1.807, 2.05) is 6.92 Å². The van der Waals surface area contributed by atoms with Gasteiger partial charge < -0.3 is 11.1 Å². The summed E-state index contributed by atoms with van der Waals surface area (Å²) >= 11 is 0. The molecular formula is C11H22N2O. The summed E-state index contributed by atoms with van der Waals surface area (Å²) in [4.78, 5) is 11.4. The molecule has 1 aliphatic rings. The van der Waals surface area contributed by atoms with Crippen molar-refractivity contribution < 1.29 is 4.79 Å². The minimum absolute atomic E-state index is 0.117. The van der Waals surface area contributed by atoms with Crippen LogP contribution in [0.15, 0.2) is 0 Å². The van der Waals surface area contributed by atoms with E-state index in [0.717, 1.165) is 12.3 Å². The summed E-state index contributed by atoms with van der Waals surface area (Å²) in [5.74, 6) is 0.962. The zero-order valence-electron chi connectivity index (χ0n) is 9.09. The number of carbonyl (C=O) groups excluding carboxylic acids is 1. The smallest absolute Gasteiger partial charge is 0.220 e. The van der Waals surface area contributed by atoms with Crippen LogP contribution in [0.3, 0.4) is 0 Å². The maximum absolute atomic E-state index is 11.4. The first-order chi connectivity index (χ1) is 6.72. The molecule has 0 aromatic heterocycles. The topological polar surface area (TPSA) is 55.1 Å². The van der Waals surface area contributed by atoms with Gasteiger partial charge in [0.05, 0.1) is 0 Å². The van der Waals surface area contributed by atoms with E-state index in [1.54, 1.807) is 0 Å². The van der Waals surface area contributed by atoms with Gasteiger partial charge in [-0.1, -0.05) is 25.7 Å². The minimum atomic E-state index is 0.117. The van der Waals surface area contributed by atoms with Crippen LogP contribution in [0.5, 0.6) is 0 Å². The van der Waals surface area contributed by atoms with E-state index in [-0.39, 0.29) is 11.9 Å². The first kappa shape index (κ1) is 11.5. The summed E-state index contributed by atoms with van der Waals surface area (Å²) in [6.45, 7) is 2.46. The highest BCUT2D eigenvalue weighted by Gasteiger charge is 2.16. The summed E-state index contributed by atoms with van der Waals surface area (Å²) in [5, 5.41) is 2.89. The minimum Gasteiger partial charge on any atom is -0.352 e. The molecule has 3 heteroatoms. The SMILES string of the molecule is C[C@H](CN)NC(=O)CCC1CCCC1. The zero-order chi connectivity index (χ0) is 10.4. The highest BCUT2D eigenvalue weighted by atomic mass is 16.1. The Balaban J connectivity index is 2.08. The molecule has 0 aliphatic heterocycles. The summed E-state index contributed by atoms with van der Waals surface area (Å²) in [7, 11) is 0. The van der Waals surface area contributed by atoms with Gasteiger partial charge in [0.25, 0.3) is 0 Å². The van der Waals surface area contributed by atoms with Gasteiger partial charge >= 0.3 is 0 Å². The second kappa shape index (κ2) is 6.02. The van der Waals surface area contributed by atoms with E-state index >= 15 is 0 Å². The fourth-order valence-corrected chi connectivity index (χ4v) is 2.04. The molecule has 1 atom stereocenters. The van der Waals surface area contributed by atoms with Crippen LogP contribution in [0.1, 0.15) is 45.4 Å². The Morgan fingerprint density at radius 3 is 2.71 bits per heavy atom. The molecule has 0 spiro atoms. The molecular weight excluding hydrogens is 176 g/mol. The molecule has 0 heterocycles.